The number of halogens is 2. The van der Waals surface area contributed by atoms with E-state index in [4.69, 9.17) is 34.3 Å². The second kappa shape index (κ2) is 6.79. The number of hydrogen-bond acceptors (Lipinski definition) is 2. The second-order valence-corrected chi connectivity index (χ2v) is 5.10. The van der Waals surface area contributed by atoms with Gasteiger partial charge in [0.2, 0.25) is 0 Å². The first-order chi connectivity index (χ1) is 9.58. The monoisotopic (exact) mass is 309 g/mol. The Morgan fingerprint density at radius 3 is 2.50 bits per heavy atom. The molecule has 2 aromatic rings. The molecule has 0 amide bonds. The van der Waals surface area contributed by atoms with Crippen LogP contribution < -0.4 is 5.73 Å². The molecule has 0 aromatic heterocycles. The Morgan fingerprint density at radius 2 is 1.85 bits per heavy atom. The molecule has 20 heavy (non-hydrogen) atoms. The topological polar surface area (TPSA) is 35.2 Å². The van der Waals surface area contributed by atoms with E-state index in [1.165, 1.54) is 6.07 Å². The third kappa shape index (κ3) is 3.76. The van der Waals surface area contributed by atoms with Gasteiger partial charge < -0.3 is 10.5 Å². The van der Waals surface area contributed by atoms with Gasteiger partial charge in [0, 0.05) is 16.1 Å². The van der Waals surface area contributed by atoms with Crippen molar-refractivity contribution in [2.75, 3.05) is 0 Å². The normalized spacial score (nSPS) is 10.5. The van der Waals surface area contributed by atoms with Gasteiger partial charge >= 0.3 is 0 Å². The highest BCUT2D eigenvalue weighted by Crippen LogP contribution is 2.17. The third-order valence-corrected chi connectivity index (χ3v) is 3.41. The average Bonchev–Trinajstić information content (AvgIpc) is 2.42. The summed E-state index contributed by atoms with van der Waals surface area (Å²) in [5.74, 6) is -0.380. The second-order valence-electron chi connectivity index (χ2n) is 4.25. The van der Waals surface area contributed by atoms with Gasteiger partial charge in [-0.15, -0.1) is 0 Å². The molecular weight excluding hydrogens is 297 g/mol. The van der Waals surface area contributed by atoms with Crippen molar-refractivity contribution in [2.45, 2.75) is 13.2 Å². The zero-order chi connectivity index (χ0) is 14.5. The summed E-state index contributed by atoms with van der Waals surface area (Å²) in [5, 5.41) is 0.636. The Hall–Kier alpha value is -1.49. The Balaban J connectivity index is 1.98. The number of rotatable bonds is 5. The fraction of sp³-hybridized carbons (Fsp3) is 0.133. The van der Waals surface area contributed by atoms with Gasteiger partial charge in [0.15, 0.2) is 0 Å². The molecule has 0 atom stereocenters. The first-order valence-corrected chi connectivity index (χ1v) is 6.76. The van der Waals surface area contributed by atoms with Crippen LogP contribution in [0.3, 0.4) is 0 Å². The van der Waals surface area contributed by atoms with Gasteiger partial charge in [-0.25, -0.2) is 4.39 Å². The Bertz CT molecular complexity index is 633. The zero-order valence-corrected chi connectivity index (χ0v) is 12.2. The molecule has 0 aliphatic heterocycles. The van der Waals surface area contributed by atoms with E-state index in [9.17, 15) is 4.39 Å². The molecule has 104 valence electrons. The van der Waals surface area contributed by atoms with Crippen LogP contribution >= 0.6 is 23.8 Å². The predicted octanol–water partition coefficient (Wildman–Crippen LogP) is 3.83. The number of nitrogens with two attached hydrogens (primary N) is 1. The molecular formula is C15H13ClFNOS. The van der Waals surface area contributed by atoms with Gasteiger partial charge in [0.25, 0.3) is 0 Å². The lowest BCUT2D eigenvalue weighted by atomic mass is 10.1. The molecule has 0 saturated carbocycles. The largest absolute Gasteiger partial charge is 0.389 e. The van der Waals surface area contributed by atoms with E-state index in [0.717, 1.165) is 5.56 Å². The van der Waals surface area contributed by atoms with Gasteiger partial charge in [-0.1, -0.05) is 54.2 Å². The van der Waals surface area contributed by atoms with E-state index >= 15 is 0 Å². The fourth-order valence-corrected chi connectivity index (χ4v) is 2.02. The molecule has 2 N–H and O–H groups in total. The molecule has 0 saturated heterocycles. The molecule has 0 aliphatic carbocycles. The maximum absolute atomic E-state index is 13.8. The summed E-state index contributed by atoms with van der Waals surface area (Å²) in [7, 11) is 0. The van der Waals surface area contributed by atoms with Crippen molar-refractivity contribution in [3.05, 3.63) is 70.0 Å². The van der Waals surface area contributed by atoms with Crippen molar-refractivity contribution >= 4 is 28.8 Å². The van der Waals surface area contributed by atoms with E-state index in [2.05, 4.69) is 0 Å². The molecule has 0 spiro atoms. The first kappa shape index (κ1) is 14.9. The van der Waals surface area contributed by atoms with E-state index in [0.29, 0.717) is 22.8 Å². The summed E-state index contributed by atoms with van der Waals surface area (Å²) in [6.45, 7) is 0.491. The highest BCUT2D eigenvalue weighted by atomic mass is 35.5. The van der Waals surface area contributed by atoms with Crippen LogP contribution in [0, 0.1) is 5.82 Å². The lowest BCUT2D eigenvalue weighted by Crippen LogP contribution is -2.10. The fourth-order valence-electron chi connectivity index (χ4n) is 1.70. The van der Waals surface area contributed by atoms with Crippen molar-refractivity contribution in [1.82, 2.24) is 0 Å². The van der Waals surface area contributed by atoms with Gasteiger partial charge in [-0.05, 0) is 17.7 Å². The van der Waals surface area contributed by atoms with E-state index < -0.39 is 0 Å². The molecule has 0 fully saturated rings. The molecule has 2 nitrogen and oxygen atoms in total. The lowest BCUT2D eigenvalue weighted by molar-refractivity contribution is 0.105. The smallest absolute Gasteiger partial charge is 0.129 e. The van der Waals surface area contributed by atoms with E-state index in [-0.39, 0.29) is 17.4 Å². The molecule has 5 heteroatoms. The Kier molecular flexibility index (Phi) is 5.06. The Labute approximate surface area is 127 Å². The van der Waals surface area contributed by atoms with Crippen molar-refractivity contribution < 1.29 is 9.13 Å². The zero-order valence-electron chi connectivity index (χ0n) is 10.6. The van der Waals surface area contributed by atoms with Crippen LogP contribution in [-0.2, 0) is 18.0 Å². The minimum atomic E-state index is -0.380. The summed E-state index contributed by atoms with van der Waals surface area (Å²) in [4.78, 5) is 0.174. The predicted molar refractivity (Wildman–Crippen MR) is 82.2 cm³/mol. The van der Waals surface area contributed by atoms with Crippen LogP contribution in [0.4, 0.5) is 4.39 Å². The van der Waals surface area contributed by atoms with Gasteiger partial charge in [0.05, 0.1) is 13.2 Å². The molecule has 0 aliphatic rings. The van der Waals surface area contributed by atoms with Crippen LogP contribution in [0.1, 0.15) is 16.7 Å². The third-order valence-electron chi connectivity index (χ3n) is 2.81. The number of thiocarbonyl (C=S) groups is 1. The maximum atomic E-state index is 13.8. The van der Waals surface area contributed by atoms with Crippen LogP contribution in [0.2, 0.25) is 5.02 Å². The summed E-state index contributed by atoms with van der Waals surface area (Å²) in [6.07, 6.45) is 0. The molecule has 0 radical (unpaired) electrons. The molecule has 2 aromatic carbocycles. The summed E-state index contributed by atoms with van der Waals surface area (Å²) >= 11 is 10.8. The van der Waals surface area contributed by atoms with Crippen LogP contribution in [0.25, 0.3) is 0 Å². The van der Waals surface area contributed by atoms with Crippen LogP contribution in [-0.4, -0.2) is 4.99 Å². The van der Waals surface area contributed by atoms with Crippen molar-refractivity contribution in [3.63, 3.8) is 0 Å². The highest BCUT2D eigenvalue weighted by Gasteiger charge is 2.06. The van der Waals surface area contributed by atoms with Gasteiger partial charge in [-0.3, -0.25) is 0 Å². The average molecular weight is 310 g/mol. The van der Waals surface area contributed by atoms with Crippen molar-refractivity contribution in [1.29, 1.82) is 0 Å². The van der Waals surface area contributed by atoms with Crippen LogP contribution in [0.5, 0.6) is 0 Å². The molecule has 2 rings (SSSR count). The minimum absolute atomic E-state index is 0.161. The first-order valence-electron chi connectivity index (χ1n) is 5.97. The highest BCUT2D eigenvalue weighted by molar-refractivity contribution is 7.80. The summed E-state index contributed by atoms with van der Waals surface area (Å²) in [6, 6.07) is 12.0. The lowest BCUT2D eigenvalue weighted by Gasteiger charge is -2.08. The van der Waals surface area contributed by atoms with Crippen molar-refractivity contribution in [2.24, 2.45) is 5.73 Å². The number of benzene rings is 2. The molecule has 0 heterocycles. The maximum Gasteiger partial charge on any atom is 0.129 e. The molecule has 0 bridgehead atoms. The SMILES string of the molecule is NC(=S)c1ccc(COCc2ccccc2Cl)c(F)c1. The van der Waals surface area contributed by atoms with Gasteiger partial charge in [-0.2, -0.15) is 0 Å². The van der Waals surface area contributed by atoms with E-state index in [1.54, 1.807) is 18.2 Å². The van der Waals surface area contributed by atoms with Crippen molar-refractivity contribution in [3.8, 4) is 0 Å². The quantitative estimate of drug-likeness (QED) is 0.853. The number of ether oxygens (including phenoxy) is 1. The Morgan fingerprint density at radius 1 is 1.15 bits per heavy atom. The standard InChI is InChI=1S/C15H13ClFNOS/c16-13-4-2-1-3-11(13)8-19-9-12-6-5-10(15(18)20)7-14(12)17/h1-7H,8-9H2,(H2,18,20). The van der Waals surface area contributed by atoms with Crippen LogP contribution in [0.15, 0.2) is 42.5 Å². The molecule has 0 unspecified atom stereocenters. The van der Waals surface area contributed by atoms with Gasteiger partial charge in [0.1, 0.15) is 10.8 Å². The number of hydrogen-bond donors (Lipinski definition) is 1. The minimum Gasteiger partial charge on any atom is -0.389 e. The van der Waals surface area contributed by atoms with E-state index in [1.807, 2.05) is 18.2 Å². The summed E-state index contributed by atoms with van der Waals surface area (Å²) < 4.78 is 19.3. The summed E-state index contributed by atoms with van der Waals surface area (Å²) in [5.41, 5.74) is 7.28.